The van der Waals surface area contributed by atoms with E-state index in [1.165, 1.54) is 0 Å². The van der Waals surface area contributed by atoms with E-state index in [9.17, 15) is 13.6 Å². The minimum absolute atomic E-state index is 0.191. The number of halogens is 2. The maximum atomic E-state index is 12.9. The van der Waals surface area contributed by atoms with Crippen molar-refractivity contribution < 1.29 is 18.3 Å². The van der Waals surface area contributed by atoms with E-state index in [1.54, 1.807) is 0 Å². The molecule has 1 aliphatic rings. The van der Waals surface area contributed by atoms with Crippen molar-refractivity contribution >= 4 is 5.97 Å². The van der Waals surface area contributed by atoms with Crippen LogP contribution >= 0.6 is 0 Å². The van der Waals surface area contributed by atoms with Gasteiger partial charge in [-0.25, -0.2) is 8.78 Å². The van der Waals surface area contributed by atoms with Gasteiger partial charge in [0.05, 0.1) is 0 Å². The van der Waals surface area contributed by atoms with E-state index in [1.807, 2.05) is 0 Å². The predicted octanol–water partition coefficient (Wildman–Crippen LogP) is 1.60. The van der Waals surface area contributed by atoms with E-state index in [2.05, 4.69) is 10.7 Å². The Bertz CT molecular complexity index is 242. The van der Waals surface area contributed by atoms with Crippen molar-refractivity contribution in [2.24, 2.45) is 5.92 Å². The Balaban J connectivity index is 2.52. The van der Waals surface area contributed by atoms with Crippen LogP contribution in [0.15, 0.2) is 0 Å². The van der Waals surface area contributed by atoms with Gasteiger partial charge in [0.25, 0.3) is 5.92 Å². The molecule has 0 saturated heterocycles. The fraction of sp³-hybridized carbons (Fsp3) is 0.667. The van der Waals surface area contributed by atoms with Crippen molar-refractivity contribution in [3.05, 3.63) is 0 Å². The number of rotatable bonds is 2. The van der Waals surface area contributed by atoms with Gasteiger partial charge in [-0.1, -0.05) is 5.92 Å². The third-order valence-electron chi connectivity index (χ3n) is 2.09. The van der Waals surface area contributed by atoms with E-state index in [0.717, 1.165) is 0 Å². The first-order valence-corrected chi connectivity index (χ1v) is 4.06. The number of esters is 1. The summed E-state index contributed by atoms with van der Waals surface area (Å²) in [5.74, 6) is -3.02. The molecule has 1 atom stereocenters. The molecule has 1 aliphatic carbocycles. The summed E-state index contributed by atoms with van der Waals surface area (Å²) >= 11 is 0. The lowest BCUT2D eigenvalue weighted by Crippen LogP contribution is -2.30. The molecule has 1 rings (SSSR count). The van der Waals surface area contributed by atoms with E-state index >= 15 is 0 Å². The summed E-state index contributed by atoms with van der Waals surface area (Å²) in [7, 11) is 0. The molecule has 4 heteroatoms. The molecule has 0 aliphatic heterocycles. The average molecular weight is 188 g/mol. The van der Waals surface area contributed by atoms with Crippen LogP contribution < -0.4 is 0 Å². The van der Waals surface area contributed by atoms with Crippen LogP contribution in [-0.4, -0.2) is 18.5 Å². The van der Waals surface area contributed by atoms with Crippen LogP contribution in [-0.2, 0) is 9.53 Å². The van der Waals surface area contributed by atoms with Gasteiger partial charge in [0, 0.05) is 6.42 Å². The number of carbonyl (C=O) groups excluding carboxylic acids is 1. The second-order valence-corrected chi connectivity index (χ2v) is 3.02. The van der Waals surface area contributed by atoms with Gasteiger partial charge in [-0.2, -0.15) is 0 Å². The fourth-order valence-corrected chi connectivity index (χ4v) is 1.43. The molecule has 0 bridgehead atoms. The zero-order chi connectivity index (χ0) is 9.90. The van der Waals surface area contributed by atoms with Gasteiger partial charge in [-0.3, -0.25) is 4.79 Å². The monoisotopic (exact) mass is 188 g/mol. The number of hydrogen-bond donors (Lipinski definition) is 0. The van der Waals surface area contributed by atoms with Crippen LogP contribution in [0.4, 0.5) is 8.78 Å². The third-order valence-corrected chi connectivity index (χ3v) is 2.09. The summed E-state index contributed by atoms with van der Waals surface area (Å²) in [4.78, 5) is 11.0. The van der Waals surface area contributed by atoms with Crippen LogP contribution in [0, 0.1) is 18.3 Å². The normalized spacial score (nSPS) is 25.2. The molecule has 0 N–H and O–H groups in total. The molecule has 0 aromatic carbocycles. The topological polar surface area (TPSA) is 26.3 Å². The minimum atomic E-state index is -2.91. The minimum Gasteiger partial charge on any atom is -0.452 e. The molecule has 0 amide bonds. The lowest BCUT2D eigenvalue weighted by atomic mass is 10.1. The van der Waals surface area contributed by atoms with Crippen molar-refractivity contribution in [3.8, 4) is 12.3 Å². The van der Waals surface area contributed by atoms with Crippen molar-refractivity contribution in [2.45, 2.75) is 25.2 Å². The number of terminal acetylenes is 1. The second kappa shape index (κ2) is 3.73. The highest BCUT2D eigenvalue weighted by Crippen LogP contribution is 2.40. The Morgan fingerprint density at radius 3 is 2.85 bits per heavy atom. The van der Waals surface area contributed by atoms with Gasteiger partial charge in [0.1, 0.15) is 5.92 Å². The number of hydrogen-bond acceptors (Lipinski definition) is 2. The largest absolute Gasteiger partial charge is 0.452 e. The summed E-state index contributed by atoms with van der Waals surface area (Å²) in [5.41, 5.74) is 0. The highest BCUT2D eigenvalue weighted by molar-refractivity contribution is 5.74. The molecule has 0 aromatic heterocycles. The fourth-order valence-electron chi connectivity index (χ4n) is 1.43. The van der Waals surface area contributed by atoms with E-state index in [-0.39, 0.29) is 19.4 Å². The molecule has 2 nitrogen and oxygen atoms in total. The molecule has 0 heterocycles. The summed E-state index contributed by atoms with van der Waals surface area (Å²) in [6.45, 7) is -0.231. The highest BCUT2D eigenvalue weighted by Gasteiger charge is 2.48. The lowest BCUT2D eigenvalue weighted by Gasteiger charge is -2.16. The van der Waals surface area contributed by atoms with Crippen molar-refractivity contribution in [1.82, 2.24) is 0 Å². The van der Waals surface area contributed by atoms with Crippen molar-refractivity contribution in [1.29, 1.82) is 0 Å². The highest BCUT2D eigenvalue weighted by atomic mass is 19.3. The quantitative estimate of drug-likeness (QED) is 0.486. The van der Waals surface area contributed by atoms with Crippen molar-refractivity contribution in [2.75, 3.05) is 6.61 Å². The third kappa shape index (κ3) is 2.18. The maximum Gasteiger partial charge on any atom is 0.316 e. The van der Waals surface area contributed by atoms with Crippen LogP contribution in [0.25, 0.3) is 0 Å². The first-order valence-electron chi connectivity index (χ1n) is 4.06. The summed E-state index contributed by atoms with van der Waals surface area (Å²) in [6.07, 6.45) is 5.15. The standard InChI is InChI=1S/C9H10F2O2/c1-2-6-13-8(12)7-4-3-5-9(7,10)11/h1,7H,3-6H2. The van der Waals surface area contributed by atoms with Gasteiger partial charge in [0.15, 0.2) is 6.61 Å². The Kier molecular flexibility index (Phi) is 2.86. The molecule has 72 valence electrons. The van der Waals surface area contributed by atoms with Gasteiger partial charge in [-0.05, 0) is 12.8 Å². The lowest BCUT2D eigenvalue weighted by molar-refractivity contribution is -0.158. The molecule has 1 fully saturated rings. The summed E-state index contributed by atoms with van der Waals surface area (Å²) in [5, 5.41) is 0. The molecule has 1 unspecified atom stereocenters. The van der Waals surface area contributed by atoms with Crippen LogP contribution in [0.3, 0.4) is 0 Å². The van der Waals surface area contributed by atoms with Crippen LogP contribution in [0.5, 0.6) is 0 Å². The van der Waals surface area contributed by atoms with Gasteiger partial charge in [0.2, 0.25) is 0 Å². The van der Waals surface area contributed by atoms with Gasteiger partial charge in [-0.15, -0.1) is 6.42 Å². The molecule has 0 spiro atoms. The number of ether oxygens (including phenoxy) is 1. The van der Waals surface area contributed by atoms with E-state index in [0.29, 0.717) is 6.42 Å². The van der Waals surface area contributed by atoms with Gasteiger partial charge < -0.3 is 4.74 Å². The number of alkyl halides is 2. The second-order valence-electron chi connectivity index (χ2n) is 3.02. The maximum absolute atomic E-state index is 12.9. The molecular formula is C9H10F2O2. The van der Waals surface area contributed by atoms with E-state index in [4.69, 9.17) is 6.42 Å². The Morgan fingerprint density at radius 1 is 1.69 bits per heavy atom. The summed E-state index contributed by atoms with van der Waals surface area (Å²) < 4.78 is 30.3. The smallest absolute Gasteiger partial charge is 0.316 e. The van der Waals surface area contributed by atoms with Crippen LogP contribution in [0.1, 0.15) is 19.3 Å². The van der Waals surface area contributed by atoms with Crippen molar-refractivity contribution in [3.63, 3.8) is 0 Å². The molecule has 0 aromatic rings. The summed E-state index contributed by atoms with van der Waals surface area (Å²) in [6, 6.07) is 0. The van der Waals surface area contributed by atoms with Gasteiger partial charge >= 0.3 is 5.97 Å². The Labute approximate surface area is 75.3 Å². The zero-order valence-electron chi connectivity index (χ0n) is 7.06. The van der Waals surface area contributed by atoms with E-state index < -0.39 is 17.8 Å². The first kappa shape index (κ1) is 9.97. The Morgan fingerprint density at radius 2 is 2.38 bits per heavy atom. The predicted molar refractivity (Wildman–Crippen MR) is 42.1 cm³/mol. The van der Waals surface area contributed by atoms with Crippen LogP contribution in [0.2, 0.25) is 0 Å². The Hall–Kier alpha value is -1.11. The molecule has 1 saturated carbocycles. The SMILES string of the molecule is C#CCOC(=O)C1CCCC1(F)F. The first-order chi connectivity index (χ1) is 6.08. The molecular weight excluding hydrogens is 178 g/mol. The molecule has 0 radical (unpaired) electrons. The molecule has 13 heavy (non-hydrogen) atoms. The number of carbonyl (C=O) groups is 1. The zero-order valence-corrected chi connectivity index (χ0v) is 7.06. The average Bonchev–Trinajstić information content (AvgIpc) is 2.41.